The molecule has 90 valence electrons. The largest absolute Gasteiger partial charge is 0.478 e. The van der Waals surface area contributed by atoms with Gasteiger partial charge in [-0.25, -0.2) is 14.8 Å². The summed E-state index contributed by atoms with van der Waals surface area (Å²) in [4.78, 5) is 31.3. The number of nitrogens with zero attached hydrogens (tertiary/aromatic N) is 3. The Hall–Kier alpha value is -2.02. The van der Waals surface area contributed by atoms with Gasteiger partial charge in [0.1, 0.15) is 0 Å². The van der Waals surface area contributed by atoms with E-state index in [0.717, 1.165) is 6.20 Å². The first-order chi connectivity index (χ1) is 7.99. The molecule has 2 heterocycles. The number of aliphatic hydroxyl groups is 1. The number of aromatic carboxylic acids is 1. The minimum Gasteiger partial charge on any atom is -0.478 e. The van der Waals surface area contributed by atoms with E-state index < -0.39 is 12.1 Å². The van der Waals surface area contributed by atoms with E-state index in [0.29, 0.717) is 0 Å². The second-order valence-corrected chi connectivity index (χ2v) is 3.84. The van der Waals surface area contributed by atoms with E-state index in [9.17, 15) is 14.7 Å². The third-order valence-corrected chi connectivity index (χ3v) is 2.54. The highest BCUT2D eigenvalue weighted by Crippen LogP contribution is 2.18. The topological polar surface area (TPSA) is 104 Å². The lowest BCUT2D eigenvalue weighted by atomic mass is 10.2. The standard InChI is InChI=1S/C10H11N3O4/c1-5-7(9(16)17)3-11-10(12-5)13-4-6(14)2-8(13)15/h3,6,14H,2,4H2,1H3,(H,16,17). The van der Waals surface area contributed by atoms with Gasteiger partial charge in [0, 0.05) is 6.20 Å². The third kappa shape index (κ3) is 2.09. The van der Waals surface area contributed by atoms with E-state index in [1.807, 2.05) is 0 Å². The number of amides is 1. The number of aromatic nitrogens is 2. The second kappa shape index (κ2) is 4.10. The summed E-state index contributed by atoms with van der Waals surface area (Å²) < 4.78 is 0. The first kappa shape index (κ1) is 11.5. The minimum atomic E-state index is -1.11. The molecule has 0 saturated carbocycles. The zero-order valence-electron chi connectivity index (χ0n) is 9.12. The Morgan fingerprint density at radius 3 is 2.76 bits per heavy atom. The van der Waals surface area contributed by atoms with Crippen molar-refractivity contribution in [2.45, 2.75) is 19.4 Å². The van der Waals surface area contributed by atoms with Crippen LogP contribution in [0.3, 0.4) is 0 Å². The lowest BCUT2D eigenvalue weighted by Crippen LogP contribution is -2.27. The molecule has 1 unspecified atom stereocenters. The van der Waals surface area contributed by atoms with Crippen molar-refractivity contribution in [1.29, 1.82) is 0 Å². The highest BCUT2D eigenvalue weighted by molar-refractivity contribution is 5.94. The third-order valence-electron chi connectivity index (χ3n) is 2.54. The molecule has 1 saturated heterocycles. The Morgan fingerprint density at radius 2 is 2.29 bits per heavy atom. The first-order valence-corrected chi connectivity index (χ1v) is 5.04. The molecule has 1 amide bonds. The number of hydrogen-bond donors (Lipinski definition) is 2. The van der Waals surface area contributed by atoms with Crippen LogP contribution in [-0.4, -0.2) is 44.7 Å². The summed E-state index contributed by atoms with van der Waals surface area (Å²) in [5.74, 6) is -1.24. The molecule has 7 nitrogen and oxygen atoms in total. The first-order valence-electron chi connectivity index (χ1n) is 5.04. The summed E-state index contributed by atoms with van der Waals surface area (Å²) in [5, 5.41) is 18.1. The van der Waals surface area contributed by atoms with Crippen LogP contribution in [-0.2, 0) is 4.79 Å². The van der Waals surface area contributed by atoms with Crippen molar-refractivity contribution in [3.8, 4) is 0 Å². The summed E-state index contributed by atoms with van der Waals surface area (Å²) in [6.45, 7) is 1.68. The molecule has 1 atom stereocenters. The van der Waals surface area contributed by atoms with Crippen LogP contribution in [0.2, 0.25) is 0 Å². The van der Waals surface area contributed by atoms with Crippen molar-refractivity contribution in [1.82, 2.24) is 9.97 Å². The molecule has 0 aliphatic carbocycles. The number of hydrogen-bond acceptors (Lipinski definition) is 5. The van der Waals surface area contributed by atoms with Crippen LogP contribution < -0.4 is 4.90 Å². The van der Waals surface area contributed by atoms with Crippen LogP contribution in [0.4, 0.5) is 5.95 Å². The average Bonchev–Trinajstić information content (AvgIpc) is 2.57. The van der Waals surface area contributed by atoms with Gasteiger partial charge in [-0.2, -0.15) is 0 Å². The van der Waals surface area contributed by atoms with Gasteiger partial charge in [0.25, 0.3) is 0 Å². The number of rotatable bonds is 2. The van der Waals surface area contributed by atoms with E-state index in [4.69, 9.17) is 5.11 Å². The molecule has 1 aromatic heterocycles. The zero-order valence-corrected chi connectivity index (χ0v) is 9.12. The Kier molecular flexibility index (Phi) is 2.76. The number of carbonyl (C=O) groups excluding carboxylic acids is 1. The van der Waals surface area contributed by atoms with Crippen molar-refractivity contribution >= 4 is 17.8 Å². The Balaban J connectivity index is 2.32. The normalized spacial score (nSPS) is 19.8. The van der Waals surface area contributed by atoms with Gasteiger partial charge in [0.15, 0.2) is 0 Å². The molecule has 0 radical (unpaired) electrons. The van der Waals surface area contributed by atoms with Crippen molar-refractivity contribution in [2.75, 3.05) is 11.4 Å². The number of aliphatic hydroxyl groups excluding tert-OH is 1. The predicted molar refractivity (Wildman–Crippen MR) is 56.7 cm³/mol. The van der Waals surface area contributed by atoms with Gasteiger partial charge in [0.2, 0.25) is 11.9 Å². The minimum absolute atomic E-state index is 0.000874. The van der Waals surface area contributed by atoms with E-state index in [1.54, 1.807) is 0 Å². The molecular weight excluding hydrogens is 226 g/mol. The van der Waals surface area contributed by atoms with Crippen molar-refractivity contribution in [3.05, 3.63) is 17.5 Å². The van der Waals surface area contributed by atoms with Gasteiger partial charge in [0.05, 0.1) is 30.3 Å². The van der Waals surface area contributed by atoms with Crippen LogP contribution in [0.1, 0.15) is 22.5 Å². The van der Waals surface area contributed by atoms with Crippen molar-refractivity contribution < 1.29 is 19.8 Å². The number of anilines is 1. The number of carbonyl (C=O) groups is 2. The maximum atomic E-state index is 11.5. The van der Waals surface area contributed by atoms with Gasteiger partial charge < -0.3 is 10.2 Å². The summed E-state index contributed by atoms with van der Waals surface area (Å²) in [7, 11) is 0. The Labute approximate surface area is 96.7 Å². The molecule has 1 aromatic rings. The molecule has 17 heavy (non-hydrogen) atoms. The summed E-state index contributed by atoms with van der Waals surface area (Å²) in [6, 6.07) is 0. The highest BCUT2D eigenvalue weighted by atomic mass is 16.4. The smallest absolute Gasteiger partial charge is 0.339 e. The summed E-state index contributed by atoms with van der Waals surface area (Å²) in [6.07, 6.45) is 0.492. The fraction of sp³-hybridized carbons (Fsp3) is 0.400. The number of aryl methyl sites for hydroxylation is 1. The SMILES string of the molecule is Cc1nc(N2CC(O)CC2=O)ncc1C(=O)O. The van der Waals surface area contributed by atoms with Gasteiger partial charge in [-0.3, -0.25) is 9.69 Å². The molecular formula is C10H11N3O4. The number of carboxylic acids is 1. The van der Waals surface area contributed by atoms with Gasteiger partial charge in [-0.05, 0) is 6.92 Å². The van der Waals surface area contributed by atoms with Crippen LogP contribution in [0.15, 0.2) is 6.20 Å². The van der Waals surface area contributed by atoms with Gasteiger partial charge in [-0.15, -0.1) is 0 Å². The molecule has 2 rings (SSSR count). The summed E-state index contributed by atoms with van der Waals surface area (Å²) in [5.41, 5.74) is 0.289. The maximum absolute atomic E-state index is 11.5. The number of carboxylic acid groups (broad SMARTS) is 1. The molecule has 0 spiro atoms. The van der Waals surface area contributed by atoms with E-state index in [1.165, 1.54) is 11.8 Å². The van der Waals surface area contributed by atoms with E-state index >= 15 is 0 Å². The maximum Gasteiger partial charge on any atom is 0.339 e. The van der Waals surface area contributed by atoms with Crippen molar-refractivity contribution in [3.63, 3.8) is 0 Å². The van der Waals surface area contributed by atoms with Crippen molar-refractivity contribution in [2.24, 2.45) is 0 Å². The zero-order chi connectivity index (χ0) is 12.6. The predicted octanol–water partition coefficient (Wildman–Crippen LogP) is -0.419. The molecule has 1 fully saturated rings. The molecule has 7 heteroatoms. The molecule has 0 aromatic carbocycles. The molecule has 2 N–H and O–H groups in total. The molecule has 1 aliphatic heterocycles. The lowest BCUT2D eigenvalue weighted by molar-refractivity contribution is -0.117. The quantitative estimate of drug-likeness (QED) is 0.724. The Bertz CT molecular complexity index is 488. The average molecular weight is 237 g/mol. The lowest BCUT2D eigenvalue weighted by Gasteiger charge is -2.14. The monoisotopic (exact) mass is 237 g/mol. The van der Waals surface area contributed by atoms with E-state index in [2.05, 4.69) is 9.97 Å². The van der Waals surface area contributed by atoms with Crippen LogP contribution >= 0.6 is 0 Å². The van der Waals surface area contributed by atoms with Gasteiger partial charge >= 0.3 is 5.97 Å². The van der Waals surface area contributed by atoms with Crippen LogP contribution in [0.5, 0.6) is 0 Å². The molecule has 1 aliphatic rings. The fourth-order valence-corrected chi connectivity index (χ4v) is 1.68. The van der Waals surface area contributed by atoms with Crippen LogP contribution in [0.25, 0.3) is 0 Å². The Morgan fingerprint density at radius 1 is 1.59 bits per heavy atom. The van der Waals surface area contributed by atoms with E-state index in [-0.39, 0.29) is 36.1 Å². The fourth-order valence-electron chi connectivity index (χ4n) is 1.68. The number of β-amino-alcohol motifs (C(OH)–C–C–N with tert-alkyl or cyclic N) is 1. The van der Waals surface area contributed by atoms with Crippen LogP contribution in [0, 0.1) is 6.92 Å². The highest BCUT2D eigenvalue weighted by Gasteiger charge is 2.31. The summed E-state index contributed by atoms with van der Waals surface area (Å²) >= 11 is 0. The second-order valence-electron chi connectivity index (χ2n) is 3.84. The molecule has 0 bridgehead atoms. The van der Waals surface area contributed by atoms with Gasteiger partial charge in [-0.1, -0.05) is 0 Å².